The summed E-state index contributed by atoms with van der Waals surface area (Å²) < 4.78 is 5.77. The number of carbonyl (C=O) groups excluding carboxylic acids is 1. The first-order valence-electron chi connectivity index (χ1n) is 7.22. The summed E-state index contributed by atoms with van der Waals surface area (Å²) in [4.78, 5) is 11.1. The van der Waals surface area contributed by atoms with Crippen molar-refractivity contribution in [3.05, 3.63) is 64.1 Å². The van der Waals surface area contributed by atoms with E-state index in [1.807, 2.05) is 30.3 Å². The quantitative estimate of drug-likeness (QED) is 0.552. The van der Waals surface area contributed by atoms with Crippen LogP contribution in [0.3, 0.4) is 0 Å². The van der Waals surface area contributed by atoms with Gasteiger partial charge in [0.25, 0.3) is 0 Å². The lowest BCUT2D eigenvalue weighted by atomic mass is 9.84. The van der Waals surface area contributed by atoms with Crippen molar-refractivity contribution in [2.75, 3.05) is 0 Å². The van der Waals surface area contributed by atoms with Gasteiger partial charge in [-0.2, -0.15) is 0 Å². The van der Waals surface area contributed by atoms with Gasteiger partial charge >= 0.3 is 0 Å². The molecule has 114 valence electrons. The standard InChI is InChI=1S/C18H18ClO2P/c1-18(2,3)14-9-15(11-4-6-12(19)7-5-11)22-16-8-13(10-20)21-17(14)16/h4-10,16,22H,1-3H3. The van der Waals surface area contributed by atoms with Gasteiger partial charge in [0, 0.05) is 5.02 Å². The second kappa shape index (κ2) is 5.68. The zero-order valence-electron chi connectivity index (χ0n) is 12.8. The van der Waals surface area contributed by atoms with Crippen molar-refractivity contribution in [1.82, 2.24) is 0 Å². The molecule has 1 aromatic carbocycles. The molecule has 0 bridgehead atoms. The van der Waals surface area contributed by atoms with Crippen LogP contribution in [0.4, 0.5) is 0 Å². The summed E-state index contributed by atoms with van der Waals surface area (Å²) in [5.41, 5.74) is 2.47. The Hall–Kier alpha value is -1.37. The minimum Gasteiger partial charge on any atom is -0.457 e. The SMILES string of the molecule is CC(C)(C)C1=C2OC(C=O)=CC2PC(c2ccc(Cl)cc2)=C1. The number of carbonyl (C=O) groups is 1. The number of rotatable bonds is 2. The Morgan fingerprint density at radius 2 is 1.91 bits per heavy atom. The first kappa shape index (κ1) is 15.5. The molecule has 22 heavy (non-hydrogen) atoms. The molecule has 2 nitrogen and oxygen atoms in total. The Labute approximate surface area is 137 Å². The maximum atomic E-state index is 11.1. The molecule has 3 rings (SSSR count). The zero-order chi connectivity index (χ0) is 15.9. The fourth-order valence-corrected chi connectivity index (χ4v) is 4.28. The largest absolute Gasteiger partial charge is 0.457 e. The molecule has 4 heteroatoms. The van der Waals surface area contributed by atoms with E-state index in [1.54, 1.807) is 0 Å². The Balaban J connectivity index is 2.06. The first-order chi connectivity index (χ1) is 10.4. The van der Waals surface area contributed by atoms with Gasteiger partial charge in [0.1, 0.15) is 5.76 Å². The normalized spacial score (nSPS) is 22.1. The van der Waals surface area contributed by atoms with E-state index in [9.17, 15) is 4.79 Å². The molecule has 0 radical (unpaired) electrons. The Kier molecular flexibility index (Phi) is 4.01. The highest BCUT2D eigenvalue weighted by Crippen LogP contribution is 2.52. The van der Waals surface area contributed by atoms with E-state index in [1.165, 1.54) is 10.9 Å². The van der Waals surface area contributed by atoms with Gasteiger partial charge in [0.2, 0.25) is 0 Å². The maximum Gasteiger partial charge on any atom is 0.185 e. The van der Waals surface area contributed by atoms with Crippen LogP contribution in [-0.4, -0.2) is 11.9 Å². The van der Waals surface area contributed by atoms with E-state index >= 15 is 0 Å². The number of benzene rings is 1. The van der Waals surface area contributed by atoms with Gasteiger partial charge in [-0.05, 0) is 46.2 Å². The molecule has 0 saturated heterocycles. The molecule has 2 atom stereocenters. The molecule has 0 aliphatic carbocycles. The lowest BCUT2D eigenvalue weighted by Crippen LogP contribution is -2.17. The van der Waals surface area contributed by atoms with Crippen LogP contribution in [0, 0.1) is 5.41 Å². The predicted molar refractivity (Wildman–Crippen MR) is 93.2 cm³/mol. The van der Waals surface area contributed by atoms with Gasteiger partial charge in [-0.3, -0.25) is 4.79 Å². The van der Waals surface area contributed by atoms with E-state index < -0.39 is 0 Å². The molecule has 0 N–H and O–H groups in total. The molecule has 0 spiro atoms. The zero-order valence-corrected chi connectivity index (χ0v) is 14.6. The lowest BCUT2D eigenvalue weighted by Gasteiger charge is -2.29. The van der Waals surface area contributed by atoms with E-state index in [4.69, 9.17) is 16.3 Å². The predicted octanol–water partition coefficient (Wildman–Crippen LogP) is 5.15. The molecule has 0 aromatic heterocycles. The van der Waals surface area contributed by atoms with Crippen LogP contribution in [0.2, 0.25) is 5.02 Å². The summed E-state index contributed by atoms with van der Waals surface area (Å²) in [7, 11) is 0.555. The average Bonchev–Trinajstić information content (AvgIpc) is 2.88. The van der Waals surface area contributed by atoms with Crippen molar-refractivity contribution in [2.24, 2.45) is 5.41 Å². The van der Waals surface area contributed by atoms with Crippen LogP contribution < -0.4 is 0 Å². The summed E-state index contributed by atoms with van der Waals surface area (Å²) in [5.74, 6) is 1.37. The number of fused-ring (bicyclic) bond motifs is 1. The van der Waals surface area contributed by atoms with Crippen molar-refractivity contribution < 1.29 is 9.53 Å². The molecule has 0 fully saturated rings. The molecule has 0 saturated carbocycles. The fourth-order valence-electron chi connectivity index (χ4n) is 2.66. The maximum absolute atomic E-state index is 11.1. The number of hydrogen-bond acceptors (Lipinski definition) is 2. The van der Waals surface area contributed by atoms with Crippen LogP contribution in [-0.2, 0) is 9.53 Å². The van der Waals surface area contributed by atoms with Crippen molar-refractivity contribution >= 4 is 31.8 Å². The van der Waals surface area contributed by atoms with Gasteiger partial charge < -0.3 is 4.74 Å². The summed E-state index contributed by atoms with van der Waals surface area (Å²) in [6.45, 7) is 6.50. The van der Waals surface area contributed by atoms with E-state index in [2.05, 4.69) is 26.8 Å². The second-order valence-corrected chi connectivity index (χ2v) is 8.39. The third kappa shape index (κ3) is 2.91. The number of hydrogen-bond donors (Lipinski definition) is 0. The highest BCUT2D eigenvalue weighted by molar-refractivity contribution is 7.52. The second-order valence-electron chi connectivity index (χ2n) is 6.50. The summed E-state index contributed by atoms with van der Waals surface area (Å²) >= 11 is 5.98. The summed E-state index contributed by atoms with van der Waals surface area (Å²) in [5, 5.41) is 2.02. The average molecular weight is 333 g/mol. The Morgan fingerprint density at radius 3 is 2.50 bits per heavy atom. The van der Waals surface area contributed by atoms with Crippen LogP contribution >= 0.6 is 20.2 Å². The third-order valence-corrected chi connectivity index (χ3v) is 5.52. The van der Waals surface area contributed by atoms with Gasteiger partial charge in [-0.15, -0.1) is 0 Å². The number of aldehydes is 1. The number of allylic oxidation sites excluding steroid dienone is 4. The van der Waals surface area contributed by atoms with Crippen molar-refractivity contribution in [2.45, 2.75) is 26.4 Å². The topological polar surface area (TPSA) is 26.3 Å². The van der Waals surface area contributed by atoms with E-state index in [-0.39, 0.29) is 11.1 Å². The van der Waals surface area contributed by atoms with Gasteiger partial charge in [-0.1, -0.05) is 53.1 Å². The summed E-state index contributed by atoms with van der Waals surface area (Å²) in [6.07, 6.45) is 4.95. The van der Waals surface area contributed by atoms with E-state index in [0.717, 1.165) is 22.6 Å². The first-order valence-corrected chi connectivity index (χ1v) is 8.67. The van der Waals surface area contributed by atoms with Crippen LogP contribution in [0.15, 0.2) is 53.5 Å². The Morgan fingerprint density at radius 1 is 1.23 bits per heavy atom. The van der Waals surface area contributed by atoms with Gasteiger partial charge in [0.15, 0.2) is 12.0 Å². The van der Waals surface area contributed by atoms with Crippen molar-refractivity contribution in [3.8, 4) is 0 Å². The van der Waals surface area contributed by atoms with Crippen LogP contribution in [0.25, 0.3) is 5.31 Å². The molecule has 2 aliphatic heterocycles. The van der Waals surface area contributed by atoms with Gasteiger partial charge in [-0.25, -0.2) is 0 Å². The van der Waals surface area contributed by atoms with Crippen molar-refractivity contribution in [1.29, 1.82) is 0 Å². The molecule has 1 aromatic rings. The number of ether oxygens (including phenoxy) is 1. The minimum atomic E-state index is -0.0394. The Bertz CT molecular complexity index is 706. The third-order valence-electron chi connectivity index (χ3n) is 3.79. The highest BCUT2D eigenvalue weighted by atomic mass is 35.5. The van der Waals surface area contributed by atoms with Gasteiger partial charge in [0.05, 0.1) is 5.66 Å². The molecule has 2 heterocycles. The molecule has 0 amide bonds. The summed E-state index contributed by atoms with van der Waals surface area (Å²) in [6, 6.07) is 7.92. The molecule has 2 unspecified atom stereocenters. The monoisotopic (exact) mass is 332 g/mol. The lowest BCUT2D eigenvalue weighted by molar-refractivity contribution is -0.107. The van der Waals surface area contributed by atoms with E-state index in [0.29, 0.717) is 14.3 Å². The van der Waals surface area contributed by atoms with Crippen LogP contribution in [0.5, 0.6) is 0 Å². The van der Waals surface area contributed by atoms with Crippen molar-refractivity contribution in [3.63, 3.8) is 0 Å². The fraction of sp³-hybridized carbons (Fsp3) is 0.278. The highest BCUT2D eigenvalue weighted by Gasteiger charge is 2.34. The smallest absolute Gasteiger partial charge is 0.185 e. The minimum absolute atomic E-state index is 0.0394. The number of halogens is 1. The molecular weight excluding hydrogens is 315 g/mol. The molecular formula is C18H18ClO2P. The molecule has 2 aliphatic rings. The van der Waals surface area contributed by atoms with Crippen LogP contribution in [0.1, 0.15) is 26.3 Å².